The third-order valence-corrected chi connectivity index (χ3v) is 3.40. The fraction of sp³-hybridized carbons (Fsp3) is 0.375. The summed E-state index contributed by atoms with van der Waals surface area (Å²) in [4.78, 5) is 0. The monoisotopic (exact) mass is 293 g/mol. The smallest absolute Gasteiger partial charge is 0.202 e. The molecule has 0 amide bonds. The van der Waals surface area contributed by atoms with Gasteiger partial charge in [0.1, 0.15) is 11.9 Å². The zero-order valence-corrected chi connectivity index (χ0v) is 12.7. The molecule has 1 heterocycles. The van der Waals surface area contributed by atoms with E-state index in [9.17, 15) is 5.11 Å². The van der Waals surface area contributed by atoms with E-state index < -0.39 is 12.3 Å². The number of hydrogen-bond acceptors (Lipinski definition) is 2. The largest absolute Gasteiger partial charge is 0.467 e. The molecule has 0 bridgehead atoms. The number of nitrogens with zero attached hydrogens (tertiary/aromatic N) is 1. The van der Waals surface area contributed by atoms with Crippen molar-refractivity contribution in [1.29, 1.82) is 0 Å². The van der Waals surface area contributed by atoms with E-state index in [1.165, 1.54) is 0 Å². The van der Waals surface area contributed by atoms with Gasteiger partial charge in [-0.3, -0.25) is 0 Å². The van der Waals surface area contributed by atoms with Gasteiger partial charge in [-0.25, -0.2) is 0 Å². The Bertz CT molecular complexity index is 529. The first-order chi connectivity index (χ1) is 9.38. The molecule has 0 saturated carbocycles. The second-order valence-corrected chi connectivity index (χ2v) is 6.34. The first-order valence-corrected chi connectivity index (χ1v) is 6.98. The molecular formula is C16H20ClNO2. The minimum absolute atomic E-state index is 0.290. The molecule has 2 rings (SSSR count). The highest BCUT2D eigenvalue weighted by atomic mass is 35.5. The van der Waals surface area contributed by atoms with E-state index in [1.807, 2.05) is 49.9 Å². The molecular weight excluding hydrogens is 274 g/mol. The van der Waals surface area contributed by atoms with Crippen LogP contribution in [-0.2, 0) is 0 Å². The van der Waals surface area contributed by atoms with Gasteiger partial charge in [-0.1, -0.05) is 32.4 Å². The lowest BCUT2D eigenvalue weighted by atomic mass is 9.88. The predicted molar refractivity (Wildman–Crippen MR) is 81.0 cm³/mol. The fourth-order valence-electron chi connectivity index (χ4n) is 1.89. The normalized spacial score (nSPS) is 14.8. The Morgan fingerprint density at radius 2 is 1.65 bits per heavy atom. The molecule has 0 fully saturated rings. The average Bonchev–Trinajstić information content (AvgIpc) is 2.90. The van der Waals surface area contributed by atoms with Gasteiger partial charge in [-0.2, -0.15) is 0 Å². The molecule has 0 spiro atoms. The van der Waals surface area contributed by atoms with Gasteiger partial charge < -0.3 is 14.4 Å². The Morgan fingerprint density at radius 1 is 1.10 bits per heavy atom. The van der Waals surface area contributed by atoms with Gasteiger partial charge in [0.15, 0.2) is 0 Å². The van der Waals surface area contributed by atoms with Crippen molar-refractivity contribution in [1.82, 2.24) is 4.57 Å². The molecule has 4 heteroatoms. The number of benzene rings is 1. The highest BCUT2D eigenvalue weighted by Gasteiger charge is 2.33. The van der Waals surface area contributed by atoms with Gasteiger partial charge in [0.2, 0.25) is 6.23 Å². The second kappa shape index (κ2) is 5.90. The molecule has 0 aliphatic heterocycles. The van der Waals surface area contributed by atoms with Crippen LogP contribution < -0.4 is 4.74 Å². The van der Waals surface area contributed by atoms with Gasteiger partial charge >= 0.3 is 0 Å². The third kappa shape index (κ3) is 3.56. The van der Waals surface area contributed by atoms with Crippen molar-refractivity contribution in [2.75, 3.05) is 0 Å². The number of rotatable bonds is 4. The van der Waals surface area contributed by atoms with Crippen LogP contribution >= 0.6 is 11.6 Å². The van der Waals surface area contributed by atoms with Crippen molar-refractivity contribution in [2.24, 2.45) is 5.41 Å². The molecule has 0 saturated heterocycles. The van der Waals surface area contributed by atoms with E-state index in [-0.39, 0.29) is 5.41 Å². The maximum atomic E-state index is 10.6. The Kier molecular flexibility index (Phi) is 4.41. The molecule has 0 aliphatic rings. The topological polar surface area (TPSA) is 34.4 Å². The van der Waals surface area contributed by atoms with Gasteiger partial charge in [-0.15, -0.1) is 0 Å². The van der Waals surface area contributed by atoms with E-state index in [1.54, 1.807) is 24.3 Å². The standard InChI is InChI=1S/C16H20ClNO2/c1-16(2,3)14(19)15(18-10-4-5-11-18)20-13-8-6-12(17)7-9-13/h4-11,14-15,19H,1-3H3. The van der Waals surface area contributed by atoms with E-state index in [2.05, 4.69) is 0 Å². The lowest BCUT2D eigenvalue weighted by Gasteiger charge is -2.33. The van der Waals surface area contributed by atoms with Crippen LogP contribution in [0.4, 0.5) is 0 Å². The number of ether oxygens (including phenoxy) is 1. The highest BCUT2D eigenvalue weighted by Crippen LogP contribution is 2.31. The first-order valence-electron chi connectivity index (χ1n) is 6.60. The van der Waals surface area contributed by atoms with Gasteiger partial charge in [-0.05, 0) is 41.8 Å². The number of hydrogen-bond donors (Lipinski definition) is 1. The predicted octanol–water partition coefficient (Wildman–Crippen LogP) is 4.13. The fourth-order valence-corrected chi connectivity index (χ4v) is 2.01. The van der Waals surface area contributed by atoms with E-state index in [0.29, 0.717) is 10.8 Å². The zero-order chi connectivity index (χ0) is 14.8. The van der Waals surface area contributed by atoms with Crippen LogP contribution in [0.15, 0.2) is 48.8 Å². The van der Waals surface area contributed by atoms with Crippen molar-refractivity contribution in [3.63, 3.8) is 0 Å². The van der Waals surface area contributed by atoms with Crippen LogP contribution in [0.5, 0.6) is 5.75 Å². The summed E-state index contributed by atoms with van der Waals surface area (Å²) < 4.78 is 7.82. The summed E-state index contributed by atoms with van der Waals surface area (Å²) in [7, 11) is 0. The molecule has 2 unspecified atom stereocenters. The zero-order valence-electron chi connectivity index (χ0n) is 12.0. The van der Waals surface area contributed by atoms with E-state index in [4.69, 9.17) is 16.3 Å². The summed E-state index contributed by atoms with van der Waals surface area (Å²) in [6.07, 6.45) is 2.64. The van der Waals surface area contributed by atoms with Crippen molar-refractivity contribution in [3.05, 3.63) is 53.8 Å². The number of aliphatic hydroxyl groups excluding tert-OH is 1. The van der Waals surface area contributed by atoms with Crippen molar-refractivity contribution in [2.45, 2.75) is 33.1 Å². The molecule has 2 atom stereocenters. The maximum Gasteiger partial charge on any atom is 0.202 e. The summed E-state index contributed by atoms with van der Waals surface area (Å²) in [6.45, 7) is 5.96. The number of aliphatic hydroxyl groups is 1. The lowest BCUT2D eigenvalue weighted by Crippen LogP contribution is -2.38. The minimum atomic E-state index is -0.648. The van der Waals surface area contributed by atoms with Crippen molar-refractivity contribution in [3.8, 4) is 5.75 Å². The molecule has 0 aliphatic carbocycles. The molecule has 1 aromatic heterocycles. The van der Waals surface area contributed by atoms with Crippen LogP contribution in [-0.4, -0.2) is 15.8 Å². The first kappa shape index (κ1) is 14.9. The molecule has 108 valence electrons. The molecule has 20 heavy (non-hydrogen) atoms. The third-order valence-electron chi connectivity index (χ3n) is 3.15. The van der Waals surface area contributed by atoms with Gasteiger partial charge in [0.05, 0.1) is 0 Å². The lowest BCUT2D eigenvalue weighted by molar-refractivity contribution is -0.0672. The number of halogens is 1. The number of aromatic nitrogens is 1. The van der Waals surface area contributed by atoms with Crippen LogP contribution in [0, 0.1) is 5.41 Å². The molecule has 0 radical (unpaired) electrons. The SMILES string of the molecule is CC(C)(C)C(O)C(Oc1ccc(Cl)cc1)n1cccc1. The van der Waals surface area contributed by atoms with Gasteiger partial charge in [0, 0.05) is 17.4 Å². The molecule has 1 aromatic carbocycles. The Balaban J connectivity index is 2.26. The summed E-state index contributed by atoms with van der Waals surface area (Å²) in [6, 6.07) is 11.0. The van der Waals surface area contributed by atoms with Crippen LogP contribution in [0.25, 0.3) is 0 Å². The van der Waals surface area contributed by atoms with Gasteiger partial charge in [0.25, 0.3) is 0 Å². The Hall–Kier alpha value is -1.45. The van der Waals surface area contributed by atoms with Crippen LogP contribution in [0.3, 0.4) is 0 Å². The minimum Gasteiger partial charge on any atom is -0.467 e. The molecule has 3 nitrogen and oxygen atoms in total. The summed E-state index contributed by atoms with van der Waals surface area (Å²) in [5.74, 6) is 0.677. The Morgan fingerprint density at radius 3 is 2.15 bits per heavy atom. The Labute approximate surface area is 124 Å². The summed E-state index contributed by atoms with van der Waals surface area (Å²) in [5.41, 5.74) is -0.290. The highest BCUT2D eigenvalue weighted by molar-refractivity contribution is 6.30. The maximum absolute atomic E-state index is 10.6. The van der Waals surface area contributed by atoms with Crippen molar-refractivity contribution < 1.29 is 9.84 Å². The second-order valence-electron chi connectivity index (χ2n) is 5.90. The van der Waals surface area contributed by atoms with Crippen LogP contribution in [0.2, 0.25) is 5.02 Å². The summed E-state index contributed by atoms with van der Waals surface area (Å²) in [5, 5.41) is 11.2. The summed E-state index contributed by atoms with van der Waals surface area (Å²) >= 11 is 5.87. The van der Waals surface area contributed by atoms with E-state index in [0.717, 1.165) is 0 Å². The molecule has 1 N–H and O–H groups in total. The van der Waals surface area contributed by atoms with Crippen molar-refractivity contribution >= 4 is 11.6 Å². The van der Waals surface area contributed by atoms with Crippen LogP contribution in [0.1, 0.15) is 27.0 Å². The average molecular weight is 294 g/mol. The molecule has 2 aromatic rings. The van der Waals surface area contributed by atoms with E-state index >= 15 is 0 Å². The quantitative estimate of drug-likeness (QED) is 0.920.